The molecule has 26 heavy (non-hydrogen) atoms. The maximum atomic E-state index is 15.2. The van der Waals surface area contributed by atoms with E-state index in [0.717, 1.165) is 0 Å². The van der Waals surface area contributed by atoms with Crippen molar-refractivity contribution in [1.82, 2.24) is 15.3 Å². The zero-order chi connectivity index (χ0) is 19.3. The third-order valence-corrected chi connectivity index (χ3v) is 4.68. The molecule has 0 spiro atoms. The average molecular weight is 394 g/mol. The summed E-state index contributed by atoms with van der Waals surface area (Å²) in [6.45, 7) is 3.75. The van der Waals surface area contributed by atoms with Gasteiger partial charge in [0, 0.05) is 12.1 Å². The standard InChI is InChI=1S/C19H18Cl2FN3O/c1-5-7-12(3)17-16(21)18(25-11-24-17)19(26-4)14(22)9-13(20)10-15(19)23-8-6-2/h2,9-12,15,23H,8H2,1,3-4H3. The van der Waals surface area contributed by atoms with Crippen LogP contribution in [0, 0.1) is 24.2 Å². The number of allylic oxidation sites excluding steroid dienone is 2. The Bertz CT molecular complexity index is 851. The summed E-state index contributed by atoms with van der Waals surface area (Å²) in [4.78, 5) is 8.43. The molecule has 1 aromatic rings. The second-order valence-corrected chi connectivity index (χ2v) is 6.40. The van der Waals surface area contributed by atoms with E-state index in [9.17, 15) is 0 Å². The predicted octanol–water partition coefficient (Wildman–Crippen LogP) is 3.68. The number of ether oxygens (including phenoxy) is 1. The number of nitrogens with one attached hydrogen (secondary N) is 1. The van der Waals surface area contributed by atoms with E-state index >= 15 is 4.39 Å². The molecule has 3 atom stereocenters. The number of hydrogen-bond acceptors (Lipinski definition) is 4. The molecule has 4 nitrogen and oxygen atoms in total. The minimum atomic E-state index is -1.62. The van der Waals surface area contributed by atoms with Crippen molar-refractivity contribution in [1.29, 1.82) is 0 Å². The molecule has 0 fully saturated rings. The van der Waals surface area contributed by atoms with Gasteiger partial charge in [-0.05, 0) is 26.0 Å². The number of methoxy groups -OCH3 is 1. The van der Waals surface area contributed by atoms with Crippen LogP contribution in [0.5, 0.6) is 0 Å². The maximum Gasteiger partial charge on any atom is 0.181 e. The summed E-state index contributed by atoms with van der Waals surface area (Å²) in [6.07, 6.45) is 9.43. The summed E-state index contributed by atoms with van der Waals surface area (Å²) in [6, 6.07) is -0.714. The van der Waals surface area contributed by atoms with Crippen molar-refractivity contribution in [3.05, 3.63) is 45.7 Å². The molecule has 1 aliphatic rings. The van der Waals surface area contributed by atoms with Gasteiger partial charge in [-0.25, -0.2) is 14.4 Å². The molecule has 2 rings (SSSR count). The summed E-state index contributed by atoms with van der Waals surface area (Å²) in [5.41, 5.74) is -0.949. The van der Waals surface area contributed by atoms with Crippen LogP contribution < -0.4 is 5.32 Å². The van der Waals surface area contributed by atoms with Gasteiger partial charge in [-0.2, -0.15) is 0 Å². The van der Waals surface area contributed by atoms with Crippen molar-refractivity contribution in [2.45, 2.75) is 31.4 Å². The molecule has 1 aliphatic carbocycles. The van der Waals surface area contributed by atoms with Crippen LogP contribution >= 0.6 is 23.2 Å². The first-order chi connectivity index (χ1) is 12.4. The van der Waals surface area contributed by atoms with E-state index in [1.807, 2.05) is 6.92 Å². The molecule has 136 valence electrons. The van der Waals surface area contributed by atoms with Gasteiger partial charge in [-0.3, -0.25) is 5.32 Å². The number of halogens is 3. The molecule has 0 saturated heterocycles. The molecular formula is C19H18Cl2FN3O. The Kier molecular flexibility index (Phi) is 6.81. The van der Waals surface area contributed by atoms with Crippen molar-refractivity contribution < 1.29 is 9.13 Å². The quantitative estimate of drug-likeness (QED) is 0.775. The first kappa shape index (κ1) is 20.4. The number of hydrogen-bond donors (Lipinski definition) is 1. The minimum absolute atomic E-state index is 0.178. The number of terminal acetylenes is 1. The van der Waals surface area contributed by atoms with Crippen molar-refractivity contribution in [3.63, 3.8) is 0 Å². The Morgan fingerprint density at radius 2 is 2.19 bits per heavy atom. The van der Waals surface area contributed by atoms with Crippen LogP contribution in [-0.2, 0) is 10.3 Å². The number of rotatable bonds is 5. The molecule has 0 aliphatic heterocycles. The monoisotopic (exact) mass is 393 g/mol. The highest BCUT2D eigenvalue weighted by molar-refractivity contribution is 6.32. The number of aromatic nitrogens is 2. The van der Waals surface area contributed by atoms with E-state index in [4.69, 9.17) is 34.4 Å². The fraction of sp³-hybridized carbons (Fsp3) is 0.368. The first-order valence-corrected chi connectivity index (χ1v) is 8.58. The van der Waals surface area contributed by atoms with Gasteiger partial charge in [0.25, 0.3) is 0 Å². The lowest BCUT2D eigenvalue weighted by Gasteiger charge is -2.39. The second kappa shape index (κ2) is 8.66. The van der Waals surface area contributed by atoms with Crippen molar-refractivity contribution in [2.75, 3.05) is 13.7 Å². The molecule has 0 amide bonds. The maximum absolute atomic E-state index is 15.2. The van der Waals surface area contributed by atoms with E-state index in [-0.39, 0.29) is 28.2 Å². The molecule has 0 radical (unpaired) electrons. The smallest absolute Gasteiger partial charge is 0.181 e. The lowest BCUT2D eigenvalue weighted by Crippen LogP contribution is -2.51. The van der Waals surface area contributed by atoms with Crippen LogP contribution in [0.25, 0.3) is 0 Å². The van der Waals surface area contributed by atoms with E-state index in [1.54, 1.807) is 13.0 Å². The fourth-order valence-corrected chi connectivity index (χ4v) is 3.51. The van der Waals surface area contributed by atoms with Crippen molar-refractivity contribution >= 4 is 23.2 Å². The van der Waals surface area contributed by atoms with Gasteiger partial charge in [-0.15, -0.1) is 12.3 Å². The largest absolute Gasteiger partial charge is 0.363 e. The molecule has 0 bridgehead atoms. The van der Waals surface area contributed by atoms with Crippen LogP contribution in [0.2, 0.25) is 5.02 Å². The molecule has 1 heterocycles. The van der Waals surface area contributed by atoms with Crippen molar-refractivity contribution in [3.8, 4) is 24.2 Å². The van der Waals surface area contributed by atoms with Gasteiger partial charge in [0.15, 0.2) is 5.60 Å². The lowest BCUT2D eigenvalue weighted by atomic mass is 9.84. The summed E-state index contributed by atoms with van der Waals surface area (Å²) in [7, 11) is 1.37. The second-order valence-electron chi connectivity index (χ2n) is 5.58. The van der Waals surface area contributed by atoms with Crippen LogP contribution in [0.15, 0.2) is 29.3 Å². The highest BCUT2D eigenvalue weighted by Gasteiger charge is 2.49. The number of nitrogens with zero attached hydrogens (tertiary/aromatic N) is 2. The first-order valence-electron chi connectivity index (χ1n) is 7.82. The van der Waals surface area contributed by atoms with Crippen LogP contribution in [0.4, 0.5) is 4.39 Å². The van der Waals surface area contributed by atoms with Gasteiger partial charge in [-0.1, -0.05) is 35.0 Å². The summed E-state index contributed by atoms with van der Waals surface area (Å²) >= 11 is 12.6. The normalized spacial score (nSPS) is 23.2. The highest BCUT2D eigenvalue weighted by Crippen LogP contribution is 2.44. The Hall–Kier alpha value is -1.89. The topological polar surface area (TPSA) is 47.0 Å². The van der Waals surface area contributed by atoms with Gasteiger partial charge < -0.3 is 4.74 Å². The minimum Gasteiger partial charge on any atom is -0.363 e. The molecule has 0 saturated carbocycles. The molecule has 1 aromatic heterocycles. The highest BCUT2D eigenvalue weighted by atomic mass is 35.5. The predicted molar refractivity (Wildman–Crippen MR) is 101 cm³/mol. The zero-order valence-electron chi connectivity index (χ0n) is 14.6. The van der Waals surface area contributed by atoms with Crippen LogP contribution in [0.1, 0.15) is 31.2 Å². The third kappa shape index (κ3) is 3.63. The molecule has 3 unspecified atom stereocenters. The Morgan fingerprint density at radius 1 is 1.46 bits per heavy atom. The van der Waals surface area contributed by atoms with Gasteiger partial charge >= 0.3 is 0 Å². The van der Waals surface area contributed by atoms with Crippen molar-refractivity contribution in [2.24, 2.45) is 0 Å². The fourth-order valence-electron chi connectivity index (χ4n) is 2.88. The zero-order valence-corrected chi connectivity index (χ0v) is 16.1. The summed E-state index contributed by atoms with van der Waals surface area (Å²) in [5.74, 6) is 7.36. The van der Waals surface area contributed by atoms with Crippen LogP contribution in [-0.4, -0.2) is 29.7 Å². The van der Waals surface area contributed by atoms with Gasteiger partial charge in [0.2, 0.25) is 0 Å². The Morgan fingerprint density at radius 3 is 2.81 bits per heavy atom. The lowest BCUT2D eigenvalue weighted by molar-refractivity contribution is -0.0235. The van der Waals surface area contributed by atoms with Gasteiger partial charge in [0.05, 0.1) is 29.2 Å². The van der Waals surface area contributed by atoms with Crippen LogP contribution in [0.3, 0.4) is 0 Å². The Balaban J connectivity index is 2.67. The van der Waals surface area contributed by atoms with E-state index in [2.05, 4.69) is 33.0 Å². The van der Waals surface area contributed by atoms with E-state index < -0.39 is 17.5 Å². The Labute approximate surface area is 162 Å². The SMILES string of the molecule is C#CCNC1C=C(Cl)C=C(F)C1(OC)c1ncnc(C(C)C#CC)c1Cl. The van der Waals surface area contributed by atoms with E-state index in [1.165, 1.54) is 19.5 Å². The molecular weight excluding hydrogens is 376 g/mol. The van der Waals surface area contributed by atoms with Gasteiger partial charge in [0.1, 0.15) is 17.8 Å². The third-order valence-electron chi connectivity index (χ3n) is 4.07. The summed E-state index contributed by atoms with van der Waals surface area (Å²) < 4.78 is 20.8. The summed E-state index contributed by atoms with van der Waals surface area (Å²) in [5, 5.41) is 3.43. The molecule has 7 heteroatoms. The van der Waals surface area contributed by atoms with E-state index in [0.29, 0.717) is 5.69 Å². The average Bonchev–Trinajstić information content (AvgIpc) is 2.61. The molecule has 0 aromatic carbocycles. The molecule has 1 N–H and O–H groups in total.